The quantitative estimate of drug-likeness (QED) is 0.405. The number of guanidine groups is 1. The summed E-state index contributed by atoms with van der Waals surface area (Å²) in [5, 5.41) is 10.2. The van der Waals surface area contributed by atoms with Crippen molar-refractivity contribution in [2.45, 2.75) is 59.4 Å². The SMILES string of the molecule is Cc1cc(C)nc(NC(=NC2CCCC2)NC(=S)Nc2cccc(C)c2C)n1. The number of nitrogens with zero attached hydrogens (tertiary/aromatic N) is 3. The van der Waals surface area contributed by atoms with Crippen LogP contribution in [0.25, 0.3) is 0 Å². The van der Waals surface area contributed by atoms with Gasteiger partial charge in [-0.3, -0.25) is 5.32 Å². The Balaban J connectivity index is 1.76. The van der Waals surface area contributed by atoms with Gasteiger partial charge in [-0.2, -0.15) is 0 Å². The fourth-order valence-corrected chi connectivity index (χ4v) is 3.55. The molecule has 0 atom stereocenters. The predicted molar refractivity (Wildman–Crippen MR) is 120 cm³/mol. The van der Waals surface area contributed by atoms with Crippen LogP contribution in [0.1, 0.15) is 48.2 Å². The molecule has 0 radical (unpaired) electrons. The van der Waals surface area contributed by atoms with Crippen LogP contribution in [0.3, 0.4) is 0 Å². The van der Waals surface area contributed by atoms with Gasteiger partial charge in [0.05, 0.1) is 6.04 Å². The molecule has 2 aromatic rings. The molecule has 0 aliphatic heterocycles. The molecule has 1 aliphatic carbocycles. The molecule has 0 bridgehead atoms. The summed E-state index contributed by atoms with van der Waals surface area (Å²) in [6, 6.07) is 8.36. The van der Waals surface area contributed by atoms with Gasteiger partial charge in [0.2, 0.25) is 11.9 Å². The van der Waals surface area contributed by atoms with E-state index in [1.54, 1.807) is 0 Å². The zero-order chi connectivity index (χ0) is 20.1. The van der Waals surface area contributed by atoms with E-state index in [1.807, 2.05) is 32.0 Å². The summed E-state index contributed by atoms with van der Waals surface area (Å²) < 4.78 is 0. The Labute approximate surface area is 172 Å². The van der Waals surface area contributed by atoms with Gasteiger partial charge in [0.25, 0.3) is 0 Å². The molecule has 0 spiro atoms. The molecule has 1 fully saturated rings. The second kappa shape index (κ2) is 9.10. The molecule has 28 heavy (non-hydrogen) atoms. The Kier molecular flexibility index (Phi) is 6.57. The van der Waals surface area contributed by atoms with Crippen molar-refractivity contribution in [2.24, 2.45) is 4.99 Å². The van der Waals surface area contributed by atoms with Crippen molar-refractivity contribution in [2.75, 3.05) is 10.6 Å². The molecule has 1 aliphatic rings. The van der Waals surface area contributed by atoms with E-state index in [4.69, 9.17) is 17.2 Å². The van der Waals surface area contributed by atoms with Crippen LogP contribution in [0.15, 0.2) is 29.3 Å². The number of nitrogens with one attached hydrogen (secondary N) is 3. The van der Waals surface area contributed by atoms with E-state index in [0.717, 1.165) is 29.9 Å². The molecular formula is C21H28N6S. The van der Waals surface area contributed by atoms with Crippen molar-refractivity contribution in [1.82, 2.24) is 15.3 Å². The second-order valence-electron chi connectivity index (χ2n) is 7.34. The van der Waals surface area contributed by atoms with Crippen molar-refractivity contribution < 1.29 is 0 Å². The first kappa shape index (κ1) is 20.2. The number of aliphatic imine (C=N–C) groups is 1. The van der Waals surface area contributed by atoms with Crippen molar-refractivity contribution in [3.05, 3.63) is 46.8 Å². The molecule has 1 aromatic carbocycles. The Bertz CT molecular complexity index is 866. The molecule has 0 amide bonds. The zero-order valence-electron chi connectivity index (χ0n) is 17.0. The average molecular weight is 397 g/mol. The van der Waals surface area contributed by atoms with E-state index >= 15 is 0 Å². The highest BCUT2D eigenvalue weighted by molar-refractivity contribution is 7.80. The number of hydrogen-bond acceptors (Lipinski definition) is 4. The molecule has 1 aromatic heterocycles. The van der Waals surface area contributed by atoms with Crippen LogP contribution in [0.2, 0.25) is 0 Å². The lowest BCUT2D eigenvalue weighted by molar-refractivity contribution is 0.703. The monoisotopic (exact) mass is 396 g/mol. The first-order valence-electron chi connectivity index (χ1n) is 9.72. The summed E-state index contributed by atoms with van der Waals surface area (Å²) in [5.74, 6) is 1.11. The Hall–Kier alpha value is -2.54. The molecule has 6 nitrogen and oxygen atoms in total. The van der Waals surface area contributed by atoms with Gasteiger partial charge in [0, 0.05) is 17.1 Å². The van der Waals surface area contributed by atoms with Crippen molar-refractivity contribution >= 4 is 34.9 Å². The van der Waals surface area contributed by atoms with Crippen LogP contribution in [0.4, 0.5) is 11.6 Å². The number of benzene rings is 1. The largest absolute Gasteiger partial charge is 0.332 e. The molecule has 3 rings (SSSR count). The lowest BCUT2D eigenvalue weighted by Crippen LogP contribution is -2.40. The van der Waals surface area contributed by atoms with Crippen LogP contribution in [-0.2, 0) is 0 Å². The van der Waals surface area contributed by atoms with Gasteiger partial charge in [-0.25, -0.2) is 15.0 Å². The molecule has 3 N–H and O–H groups in total. The first-order chi connectivity index (χ1) is 13.4. The van der Waals surface area contributed by atoms with Gasteiger partial charge in [-0.05, 0) is 76.0 Å². The smallest absolute Gasteiger partial charge is 0.229 e. The van der Waals surface area contributed by atoms with Gasteiger partial charge in [0.15, 0.2) is 5.11 Å². The van der Waals surface area contributed by atoms with Crippen LogP contribution in [0, 0.1) is 27.7 Å². The third-order valence-corrected chi connectivity index (χ3v) is 5.14. The highest BCUT2D eigenvalue weighted by Crippen LogP contribution is 2.21. The van der Waals surface area contributed by atoms with Gasteiger partial charge >= 0.3 is 0 Å². The van der Waals surface area contributed by atoms with E-state index in [-0.39, 0.29) is 0 Å². The minimum absolute atomic E-state index is 0.296. The van der Waals surface area contributed by atoms with E-state index in [1.165, 1.54) is 24.0 Å². The molecule has 1 saturated carbocycles. The normalized spacial score (nSPS) is 14.8. The lowest BCUT2D eigenvalue weighted by atomic mass is 10.1. The summed E-state index contributed by atoms with van der Waals surface area (Å²) >= 11 is 5.54. The first-order valence-corrected chi connectivity index (χ1v) is 10.1. The summed E-state index contributed by atoms with van der Waals surface area (Å²) in [6.45, 7) is 8.07. The maximum absolute atomic E-state index is 5.54. The highest BCUT2D eigenvalue weighted by atomic mass is 32.1. The number of aromatic nitrogens is 2. The summed E-state index contributed by atoms with van der Waals surface area (Å²) in [5.41, 5.74) is 5.19. The van der Waals surface area contributed by atoms with E-state index in [9.17, 15) is 0 Å². The fourth-order valence-electron chi connectivity index (χ4n) is 3.35. The van der Waals surface area contributed by atoms with Gasteiger partial charge in [0.1, 0.15) is 0 Å². The summed E-state index contributed by atoms with van der Waals surface area (Å²) in [7, 11) is 0. The van der Waals surface area contributed by atoms with Crippen molar-refractivity contribution in [3.8, 4) is 0 Å². The molecule has 0 saturated heterocycles. The maximum Gasteiger partial charge on any atom is 0.229 e. The number of thiocarbonyl (C=S) groups is 1. The molecule has 7 heteroatoms. The van der Waals surface area contributed by atoms with E-state index in [0.29, 0.717) is 23.1 Å². The number of hydrogen-bond donors (Lipinski definition) is 3. The van der Waals surface area contributed by atoms with E-state index < -0.39 is 0 Å². The topological polar surface area (TPSA) is 74.2 Å². The van der Waals surface area contributed by atoms with Gasteiger partial charge in [-0.15, -0.1) is 0 Å². The fraction of sp³-hybridized carbons (Fsp3) is 0.429. The molecule has 1 heterocycles. The van der Waals surface area contributed by atoms with Gasteiger partial charge < -0.3 is 10.6 Å². The Morgan fingerprint density at radius 3 is 2.39 bits per heavy atom. The lowest BCUT2D eigenvalue weighted by Gasteiger charge is -2.17. The third-order valence-electron chi connectivity index (χ3n) is 4.93. The molecule has 148 valence electrons. The predicted octanol–water partition coefficient (Wildman–Crippen LogP) is 4.41. The highest BCUT2D eigenvalue weighted by Gasteiger charge is 2.16. The third kappa shape index (κ3) is 5.48. The average Bonchev–Trinajstić information content (AvgIpc) is 3.11. The maximum atomic E-state index is 5.54. The minimum atomic E-state index is 0.296. The van der Waals surface area contributed by atoms with Crippen LogP contribution in [-0.4, -0.2) is 27.1 Å². The summed E-state index contributed by atoms with van der Waals surface area (Å²) in [6.07, 6.45) is 4.62. The number of rotatable bonds is 3. The summed E-state index contributed by atoms with van der Waals surface area (Å²) in [4.78, 5) is 13.8. The van der Waals surface area contributed by atoms with Crippen molar-refractivity contribution in [1.29, 1.82) is 0 Å². The zero-order valence-corrected chi connectivity index (χ0v) is 17.8. The van der Waals surface area contributed by atoms with Crippen LogP contribution >= 0.6 is 12.2 Å². The van der Waals surface area contributed by atoms with Crippen LogP contribution in [0.5, 0.6) is 0 Å². The standard InChI is InChI=1S/C21H28N6S/c1-13-8-7-11-18(16(13)4)25-21(28)27-20(24-17-9-5-6-10-17)26-19-22-14(2)12-15(3)23-19/h7-8,11-12,17H,5-6,9-10H2,1-4H3,(H3,22,23,24,25,26,27,28). The van der Waals surface area contributed by atoms with Crippen molar-refractivity contribution in [3.63, 3.8) is 0 Å². The molecular weight excluding hydrogens is 368 g/mol. The Morgan fingerprint density at radius 2 is 1.71 bits per heavy atom. The van der Waals surface area contributed by atoms with Crippen LogP contribution < -0.4 is 16.0 Å². The second-order valence-corrected chi connectivity index (χ2v) is 7.75. The number of anilines is 2. The van der Waals surface area contributed by atoms with E-state index in [2.05, 4.69) is 45.8 Å². The van der Waals surface area contributed by atoms with Gasteiger partial charge in [-0.1, -0.05) is 25.0 Å². The number of aryl methyl sites for hydroxylation is 3. The minimum Gasteiger partial charge on any atom is -0.332 e. The Morgan fingerprint density at radius 1 is 1.04 bits per heavy atom. The molecule has 0 unspecified atom stereocenters.